The topological polar surface area (TPSA) is 373 Å². The van der Waals surface area contributed by atoms with Crippen molar-refractivity contribution < 1.29 is 51.4 Å². The maximum absolute atomic E-state index is 13.3. The smallest absolute Gasteiger partial charge is 0.339 e. The Bertz CT molecular complexity index is 6230. The molecule has 17 heterocycles. The maximum Gasteiger partial charge on any atom is 0.339 e. The van der Waals surface area contributed by atoms with E-state index < -0.39 is 17.9 Å². The van der Waals surface area contributed by atoms with Crippen LogP contribution in [0.2, 0.25) is 0 Å². The summed E-state index contributed by atoms with van der Waals surface area (Å²) in [7, 11) is 2.68. The van der Waals surface area contributed by atoms with Gasteiger partial charge in [0.2, 0.25) is 23.6 Å². The Morgan fingerprint density at radius 2 is 0.782 bits per heavy atom. The lowest BCUT2D eigenvalue weighted by atomic mass is 9.99. The monoisotopic (exact) mass is 2200 g/mol. The van der Waals surface area contributed by atoms with E-state index >= 15 is 0 Å². The third-order valence-electron chi connectivity index (χ3n) is 17.0. The van der Waals surface area contributed by atoms with Crippen LogP contribution >= 0.6 is 152 Å². The van der Waals surface area contributed by atoms with Crippen LogP contribution in [0.3, 0.4) is 0 Å². The van der Waals surface area contributed by atoms with Crippen molar-refractivity contribution in [3.05, 3.63) is 209 Å². The van der Waals surface area contributed by atoms with Gasteiger partial charge in [-0.05, 0) is 133 Å². The standard InChI is InChI=1S/C22H21N7O2S.C18H16N4O3S.C17H14N4O3S.C13H11BrN4O3.C6H8S.CH2I2.2CH3I.CH4/c1-4-19-26-28-22(31-19)15-8-14(17(30)7-12(2)20-24-11-25-27-20)10-29-16(9-23-21(15)29)18-6-5-13(3)32-18;1-4-15-20-21-17(25-15)12-7-11(18(23)24-3)9-22-13(8-19-16(12)22)14-6-5-10(2)26-14;1-3-14-19-20-16(24-14)11-6-10(17(22)23)8-21-12(7-18-15(11)21)13-5-4-9(2)25-13;1-3-10-16-17-12(21-10)8-4-7(13(19)20-2)6-18-9(14)5-15-11(8)18;1-5-3-4-6(2)7-5;2-1-3;2*1-2;/h5-6,8-12H,4,7H2,1-3H3,(H,24,25,27);5-9H,4H2,1-3H3;4-8H,3H2,1-2H3,(H,22,23);4-6H,3H2,1-2H3;3-4H,1-2H3;1H2;2*1H3;1H4. The number of aromatic amines is 1. The number of H-pyrrole nitrogens is 1. The van der Waals surface area contributed by atoms with Gasteiger partial charge in [0.15, 0.2) is 11.4 Å². The molecule has 0 fully saturated rings. The van der Waals surface area contributed by atoms with Gasteiger partial charge in [-0.1, -0.05) is 132 Å². The van der Waals surface area contributed by atoms with Crippen LogP contribution in [0.4, 0.5) is 0 Å². The van der Waals surface area contributed by atoms with Gasteiger partial charge >= 0.3 is 17.9 Å². The number of ether oxygens (including phenoxy) is 2. The van der Waals surface area contributed by atoms with Gasteiger partial charge in [-0.15, -0.1) is 86.1 Å². The van der Waals surface area contributed by atoms with Crippen molar-refractivity contribution in [1.29, 1.82) is 0 Å². The fraction of sp³-hybridized carbons (Fsp3) is 0.275. The summed E-state index contributed by atoms with van der Waals surface area (Å²) in [6.07, 6.45) is 18.0. The number of carboxylic acids is 1. The number of aromatic carboxylic acids is 1. The SMILES string of the molecule is C.CCc1nnc(-c2cc(C(=O)CC(C)c3ncn[nH]3)cn3c(-c4ccc(C)s4)cnc23)o1.CCc1nnc(-c2cc(C(=O)O)cn3c(-c4ccc(C)s4)cnc23)o1.CCc1nnc(-c2cc(C(=O)OC)cn3c(-c4ccc(C)s4)cnc23)o1.CCc1nnc(-c2cc(C(=O)OC)cn3c(Br)cnc23)o1.CI.CI.Cc1ccc(C)s1.ICI. The average molecular weight is 2200 g/mol. The Hall–Kier alpha value is -9.26. The fourth-order valence-electron chi connectivity index (χ4n) is 11.5. The molecule has 119 heavy (non-hydrogen) atoms. The molecule has 0 aromatic carbocycles. The minimum absolute atomic E-state index is 0. The summed E-state index contributed by atoms with van der Waals surface area (Å²) in [5.74, 6) is 2.01. The van der Waals surface area contributed by atoms with Crippen LogP contribution in [-0.2, 0) is 35.2 Å². The normalized spacial score (nSPS) is 10.9. The van der Waals surface area contributed by atoms with E-state index in [2.05, 4.69) is 233 Å². The number of carbonyl (C=O) groups is 4. The number of imidazole rings is 4. The Balaban J connectivity index is 0.000000172. The van der Waals surface area contributed by atoms with Gasteiger partial charge in [-0.2, -0.15) is 5.10 Å². The second-order valence-corrected chi connectivity index (χ2v) is 35.6. The molecule has 0 aliphatic rings. The maximum atomic E-state index is 13.3. The molecule has 17 aromatic heterocycles. The van der Waals surface area contributed by atoms with Crippen LogP contribution in [0, 0.1) is 34.6 Å². The number of hydrogen-bond donors (Lipinski definition) is 2. The first-order valence-corrected chi connectivity index (χ1v) is 47.4. The molecule has 17 rings (SSSR count). The Kier molecular flexibility index (Phi) is 34.9. The zero-order valence-electron chi connectivity index (χ0n) is 66.0. The number of carbonyl (C=O) groups excluding carboxylic acids is 3. The number of halogens is 5. The fourth-order valence-corrected chi connectivity index (χ4v) is 15.2. The first-order valence-electron chi connectivity index (χ1n) is 35.9. The molecule has 30 nitrogen and oxygen atoms in total. The Morgan fingerprint density at radius 1 is 0.471 bits per heavy atom. The van der Waals surface area contributed by atoms with Crippen LogP contribution in [-0.4, -0.2) is 149 Å². The van der Waals surface area contributed by atoms with Gasteiger partial charge in [0.25, 0.3) is 23.6 Å². The van der Waals surface area contributed by atoms with Gasteiger partial charge in [-0.3, -0.25) is 27.5 Å². The molecule has 2 N–H and O–H groups in total. The summed E-state index contributed by atoms with van der Waals surface area (Å²) in [6.45, 7) is 20.0. The van der Waals surface area contributed by atoms with Crippen LogP contribution < -0.4 is 0 Å². The quantitative estimate of drug-likeness (QED) is 0.0349. The molecular formula is C80H82BrI4N19O11S4. The number of esters is 2. The number of rotatable bonds is 18. The van der Waals surface area contributed by atoms with Crippen molar-refractivity contribution in [3.63, 3.8) is 0 Å². The van der Waals surface area contributed by atoms with Gasteiger partial charge in [0.05, 0.1) is 112 Å². The summed E-state index contributed by atoms with van der Waals surface area (Å²) in [5.41, 5.74) is 8.88. The molecule has 1 unspecified atom stereocenters. The molecule has 0 saturated heterocycles. The van der Waals surface area contributed by atoms with Crippen LogP contribution in [0.1, 0.15) is 150 Å². The highest BCUT2D eigenvalue weighted by atomic mass is 127. The zero-order valence-corrected chi connectivity index (χ0v) is 79.5. The number of hydrogen-bond acceptors (Lipinski definition) is 28. The molecule has 0 bridgehead atoms. The van der Waals surface area contributed by atoms with Crippen molar-refractivity contribution >= 4 is 198 Å². The molecule has 0 aliphatic heterocycles. The van der Waals surface area contributed by atoms with Crippen molar-refractivity contribution in [1.82, 2.24) is 93.5 Å². The van der Waals surface area contributed by atoms with Crippen molar-refractivity contribution in [2.24, 2.45) is 0 Å². The number of aromatic nitrogens is 19. The molecule has 0 amide bonds. The number of nitrogens with zero attached hydrogens (tertiary/aromatic N) is 18. The van der Waals surface area contributed by atoms with E-state index in [-0.39, 0.29) is 37.0 Å². The lowest BCUT2D eigenvalue weighted by Crippen LogP contribution is -2.08. The van der Waals surface area contributed by atoms with Crippen LogP contribution in [0.5, 0.6) is 0 Å². The summed E-state index contributed by atoms with van der Waals surface area (Å²) in [6, 6.07) is 23.1. The molecule has 0 radical (unpaired) electrons. The summed E-state index contributed by atoms with van der Waals surface area (Å²) < 4.78 is 41.5. The molecule has 1 atom stereocenters. The van der Waals surface area contributed by atoms with Gasteiger partial charge in [0.1, 0.15) is 33.7 Å². The second-order valence-electron chi connectivity index (χ2n) is 24.9. The third-order valence-corrected chi connectivity index (χ3v) is 21.6. The number of pyridine rings is 4. The highest BCUT2D eigenvalue weighted by molar-refractivity contribution is 14.2. The van der Waals surface area contributed by atoms with E-state index in [1.807, 2.05) is 109 Å². The lowest BCUT2D eigenvalue weighted by molar-refractivity contribution is 0.0591. The number of aryl methyl sites for hydroxylation is 9. The minimum Gasteiger partial charge on any atom is -0.478 e. The Labute approximate surface area is 763 Å². The largest absolute Gasteiger partial charge is 0.478 e. The van der Waals surface area contributed by atoms with Gasteiger partial charge in [0, 0.05) is 92.8 Å². The van der Waals surface area contributed by atoms with E-state index in [1.54, 1.807) is 98.2 Å². The molecule has 622 valence electrons. The molecule has 0 saturated carbocycles. The Morgan fingerprint density at radius 3 is 1.08 bits per heavy atom. The zero-order chi connectivity index (χ0) is 85.0. The predicted octanol–water partition coefficient (Wildman–Crippen LogP) is 21.3. The number of thiophene rings is 4. The number of nitrogens with one attached hydrogen (secondary N) is 1. The summed E-state index contributed by atoms with van der Waals surface area (Å²) >= 11 is 19.0. The number of carboxylic acid groups (broad SMARTS) is 1. The summed E-state index contributed by atoms with van der Waals surface area (Å²) in [5, 5.41) is 48.5. The number of methoxy groups -OCH3 is 2. The molecule has 39 heteroatoms. The molecule has 17 aromatic rings. The predicted molar refractivity (Wildman–Crippen MR) is 500 cm³/mol. The first-order chi connectivity index (χ1) is 57.0. The second kappa shape index (κ2) is 44.3. The molecular weight excluding hydrogens is 2120 g/mol. The number of fused-ring (bicyclic) bond motifs is 4. The van der Waals surface area contributed by atoms with Gasteiger partial charge in [-0.25, -0.2) is 39.3 Å². The lowest BCUT2D eigenvalue weighted by Gasteiger charge is -2.10. The highest BCUT2D eigenvalue weighted by Crippen LogP contribution is 2.38. The summed E-state index contributed by atoms with van der Waals surface area (Å²) in [4.78, 5) is 84.3. The third kappa shape index (κ3) is 22.7. The van der Waals surface area contributed by atoms with E-state index in [9.17, 15) is 24.3 Å². The van der Waals surface area contributed by atoms with Gasteiger partial charge < -0.3 is 32.2 Å². The van der Waals surface area contributed by atoms with E-state index in [1.165, 1.54) is 53.4 Å². The van der Waals surface area contributed by atoms with E-state index in [0.717, 1.165) is 31.7 Å². The molecule has 0 spiro atoms. The first kappa shape index (κ1) is 93.6. The number of ketones is 1. The van der Waals surface area contributed by atoms with Crippen LogP contribution in [0.15, 0.2) is 151 Å². The van der Waals surface area contributed by atoms with Crippen LogP contribution in [0.25, 0.3) is 100 Å². The van der Waals surface area contributed by atoms with E-state index in [0.29, 0.717) is 139 Å². The number of alkyl halides is 4. The van der Waals surface area contributed by atoms with Crippen molar-refractivity contribution in [2.45, 2.75) is 115 Å². The average Bonchev–Trinajstić information content (AvgIpc) is 1.64. The van der Waals surface area contributed by atoms with Crippen molar-refractivity contribution in [3.8, 4) is 77.5 Å². The highest BCUT2D eigenvalue weighted by Gasteiger charge is 2.26. The van der Waals surface area contributed by atoms with Crippen molar-refractivity contribution in [2.75, 3.05) is 26.5 Å². The minimum atomic E-state index is -1.03. The molecule has 0 aliphatic carbocycles. The number of Topliss-reactive ketones (excluding diaryl/α,β-unsaturated/α-hetero) is 1. The van der Waals surface area contributed by atoms with E-state index in [4.69, 9.17) is 27.1 Å².